The molecule has 1 fully saturated rings. The van der Waals surface area contributed by atoms with Crippen LogP contribution in [-0.2, 0) is 18.8 Å². The van der Waals surface area contributed by atoms with Crippen molar-refractivity contribution < 1.29 is 31.9 Å². The van der Waals surface area contributed by atoms with Crippen molar-refractivity contribution in [3.8, 4) is 34.4 Å². The minimum Gasteiger partial charge on any atom is -0.490 e. The number of aliphatic hydroxyl groups is 1. The number of imidazole rings is 1. The standard InChI is InChI=1S/C27H27F3N6O3/c1-5-39-18-12-31-23(20-21(15-6-7-15)32-14-33-25(20)38-4)35-22(18)26(2,37)17-10-8-16(9-11-17)24-34-19(13-36(24)3)27(28,29)30/h8-15,37H,5-7H2,1-4H3/i4D3. The fraction of sp³-hybridized carbons (Fsp3) is 0.370. The third kappa shape index (κ3) is 5.03. The van der Waals surface area contributed by atoms with Crippen LogP contribution in [0, 0.1) is 0 Å². The van der Waals surface area contributed by atoms with Gasteiger partial charge in [0.25, 0.3) is 0 Å². The van der Waals surface area contributed by atoms with Crippen LogP contribution in [-0.4, -0.2) is 48.2 Å². The van der Waals surface area contributed by atoms with Crippen LogP contribution in [0.2, 0.25) is 0 Å². The van der Waals surface area contributed by atoms with Crippen LogP contribution in [0.4, 0.5) is 13.2 Å². The third-order valence-electron chi connectivity index (χ3n) is 6.51. The summed E-state index contributed by atoms with van der Waals surface area (Å²) in [6.07, 6.45) is 0.600. The molecule has 39 heavy (non-hydrogen) atoms. The average molecular weight is 544 g/mol. The Labute approximate surface area is 226 Å². The lowest BCUT2D eigenvalue weighted by molar-refractivity contribution is -0.140. The monoisotopic (exact) mass is 543 g/mol. The fourth-order valence-electron chi connectivity index (χ4n) is 4.39. The summed E-state index contributed by atoms with van der Waals surface area (Å²) in [5, 5.41) is 11.8. The molecule has 1 N–H and O–H groups in total. The molecular weight excluding hydrogens is 513 g/mol. The molecule has 0 amide bonds. The lowest BCUT2D eigenvalue weighted by Gasteiger charge is -2.26. The highest BCUT2D eigenvalue weighted by Crippen LogP contribution is 2.45. The van der Waals surface area contributed by atoms with Crippen LogP contribution in [0.5, 0.6) is 11.6 Å². The summed E-state index contributed by atoms with van der Waals surface area (Å²) in [5.41, 5.74) is -1.21. The zero-order valence-corrected chi connectivity index (χ0v) is 21.3. The molecule has 4 aromatic rings. The summed E-state index contributed by atoms with van der Waals surface area (Å²) in [5.74, 6) is 0.167. The molecule has 1 aliphatic carbocycles. The number of methoxy groups -OCH3 is 1. The van der Waals surface area contributed by atoms with Gasteiger partial charge in [0.1, 0.15) is 29.0 Å². The number of alkyl halides is 3. The van der Waals surface area contributed by atoms with Crippen LogP contribution >= 0.6 is 0 Å². The third-order valence-corrected chi connectivity index (χ3v) is 6.51. The minimum absolute atomic E-state index is 0.0415. The summed E-state index contributed by atoms with van der Waals surface area (Å²) < 4.78 is 74.4. The Hall–Kier alpha value is -4.06. The zero-order chi connectivity index (χ0) is 30.4. The molecule has 1 unspecified atom stereocenters. The van der Waals surface area contributed by atoms with Crippen LogP contribution < -0.4 is 9.47 Å². The minimum atomic E-state index is -4.59. The predicted molar refractivity (Wildman–Crippen MR) is 135 cm³/mol. The molecule has 3 heterocycles. The van der Waals surface area contributed by atoms with E-state index in [1.54, 1.807) is 31.2 Å². The summed E-state index contributed by atoms with van der Waals surface area (Å²) >= 11 is 0. The number of hydrogen-bond acceptors (Lipinski definition) is 8. The molecule has 0 aliphatic heterocycles. The summed E-state index contributed by atoms with van der Waals surface area (Å²) in [6, 6.07) is 6.21. The molecule has 12 heteroatoms. The smallest absolute Gasteiger partial charge is 0.434 e. The Morgan fingerprint density at radius 1 is 1.13 bits per heavy atom. The number of aromatic nitrogens is 6. The molecule has 1 aromatic carbocycles. The number of ether oxygens (including phenoxy) is 2. The molecule has 0 bridgehead atoms. The molecule has 1 saturated carbocycles. The van der Waals surface area contributed by atoms with E-state index in [2.05, 4.69) is 24.9 Å². The predicted octanol–water partition coefficient (Wildman–Crippen LogP) is 4.89. The first-order valence-electron chi connectivity index (χ1n) is 13.7. The Morgan fingerprint density at radius 2 is 1.87 bits per heavy atom. The lowest BCUT2D eigenvalue weighted by atomic mass is 9.90. The number of hydrogen-bond donors (Lipinski definition) is 1. The van der Waals surface area contributed by atoms with Crippen molar-refractivity contribution in [2.75, 3.05) is 13.6 Å². The molecular formula is C27H27F3N6O3. The highest BCUT2D eigenvalue weighted by Gasteiger charge is 2.36. The van der Waals surface area contributed by atoms with Crippen LogP contribution in [0.3, 0.4) is 0 Å². The van der Waals surface area contributed by atoms with E-state index >= 15 is 0 Å². The van der Waals surface area contributed by atoms with Gasteiger partial charge in [-0.1, -0.05) is 24.3 Å². The van der Waals surface area contributed by atoms with E-state index in [4.69, 9.17) is 13.6 Å². The molecule has 3 aromatic heterocycles. The second kappa shape index (κ2) is 9.92. The van der Waals surface area contributed by atoms with Gasteiger partial charge in [0.2, 0.25) is 5.88 Å². The Morgan fingerprint density at radius 3 is 2.49 bits per heavy atom. The van der Waals surface area contributed by atoms with Crippen LogP contribution in [0.1, 0.15) is 59.4 Å². The molecule has 0 saturated heterocycles. The van der Waals surface area contributed by atoms with Gasteiger partial charge >= 0.3 is 6.18 Å². The Balaban J connectivity index is 1.58. The van der Waals surface area contributed by atoms with Crippen molar-refractivity contribution in [2.45, 2.75) is 44.4 Å². The summed E-state index contributed by atoms with van der Waals surface area (Å²) in [6.45, 7) is 3.48. The normalized spacial score (nSPS) is 16.6. The number of nitrogens with zero attached hydrogens (tertiary/aromatic N) is 6. The van der Waals surface area contributed by atoms with Gasteiger partial charge in [0.05, 0.1) is 29.6 Å². The first kappa shape index (κ1) is 22.9. The highest BCUT2D eigenvalue weighted by atomic mass is 19.4. The first-order chi connectivity index (χ1) is 19.7. The Bertz CT molecular complexity index is 1600. The van der Waals surface area contributed by atoms with Crippen molar-refractivity contribution in [3.63, 3.8) is 0 Å². The van der Waals surface area contributed by atoms with Gasteiger partial charge in [-0.25, -0.2) is 24.9 Å². The SMILES string of the molecule is [2H]C([2H])([2H])Oc1ncnc(C2CC2)c1-c1ncc(OCC)c(C(C)(O)c2ccc(-c3nc(C(F)(F)F)cn3C)cc2)n1. The topological polar surface area (TPSA) is 108 Å². The van der Waals surface area contributed by atoms with Gasteiger partial charge in [-0.05, 0) is 32.3 Å². The van der Waals surface area contributed by atoms with Crippen molar-refractivity contribution >= 4 is 0 Å². The van der Waals surface area contributed by atoms with Crippen molar-refractivity contribution in [1.82, 2.24) is 29.5 Å². The van der Waals surface area contributed by atoms with Crippen molar-refractivity contribution in [2.24, 2.45) is 7.05 Å². The molecule has 0 radical (unpaired) electrons. The van der Waals surface area contributed by atoms with Gasteiger partial charge in [-0.2, -0.15) is 13.2 Å². The van der Waals surface area contributed by atoms with Crippen LogP contribution in [0.15, 0.2) is 43.0 Å². The number of halogens is 3. The maximum Gasteiger partial charge on any atom is 0.434 e. The van der Waals surface area contributed by atoms with Gasteiger partial charge in [-0.3, -0.25) is 0 Å². The second-order valence-corrected chi connectivity index (χ2v) is 9.36. The van der Waals surface area contributed by atoms with Gasteiger partial charge in [0, 0.05) is 24.7 Å². The number of aryl methyl sites for hydroxylation is 1. The summed E-state index contributed by atoms with van der Waals surface area (Å²) in [4.78, 5) is 21.1. The van der Waals surface area contributed by atoms with Gasteiger partial charge < -0.3 is 19.1 Å². The summed E-state index contributed by atoms with van der Waals surface area (Å²) in [7, 11) is -1.33. The largest absolute Gasteiger partial charge is 0.490 e. The molecule has 204 valence electrons. The quantitative estimate of drug-likeness (QED) is 0.335. The number of benzene rings is 1. The molecule has 0 spiro atoms. The van der Waals surface area contributed by atoms with E-state index in [9.17, 15) is 18.3 Å². The van der Waals surface area contributed by atoms with Crippen molar-refractivity contribution in [3.05, 3.63) is 65.6 Å². The maximum absolute atomic E-state index is 13.2. The van der Waals surface area contributed by atoms with Gasteiger partial charge in [-0.15, -0.1) is 0 Å². The van der Waals surface area contributed by atoms with E-state index < -0.39 is 24.5 Å². The molecule has 1 atom stereocenters. The Kier molecular flexibility index (Phi) is 5.82. The van der Waals surface area contributed by atoms with Crippen molar-refractivity contribution in [1.29, 1.82) is 0 Å². The second-order valence-electron chi connectivity index (χ2n) is 9.36. The zero-order valence-electron chi connectivity index (χ0n) is 24.3. The molecule has 1 aliphatic rings. The lowest BCUT2D eigenvalue weighted by Crippen LogP contribution is -2.26. The first-order valence-corrected chi connectivity index (χ1v) is 12.2. The fourth-order valence-corrected chi connectivity index (χ4v) is 4.39. The van der Waals surface area contributed by atoms with E-state index in [1.807, 2.05) is 0 Å². The van der Waals surface area contributed by atoms with E-state index in [1.165, 1.54) is 31.1 Å². The number of rotatable bonds is 8. The maximum atomic E-state index is 13.2. The van der Waals surface area contributed by atoms with Gasteiger partial charge in [0.15, 0.2) is 17.3 Å². The van der Waals surface area contributed by atoms with E-state index in [0.29, 0.717) is 16.8 Å². The van der Waals surface area contributed by atoms with E-state index in [-0.39, 0.29) is 47.1 Å². The average Bonchev–Trinajstić information content (AvgIpc) is 3.68. The highest BCUT2D eigenvalue weighted by molar-refractivity contribution is 5.66. The van der Waals surface area contributed by atoms with E-state index in [0.717, 1.165) is 19.0 Å². The van der Waals surface area contributed by atoms with Crippen LogP contribution in [0.25, 0.3) is 22.8 Å². The molecule has 5 rings (SSSR count). The molecule has 9 nitrogen and oxygen atoms in total.